The number of anilines is 1. The second kappa shape index (κ2) is 10.9. The zero-order valence-electron chi connectivity index (χ0n) is 19.6. The molecule has 0 bridgehead atoms. The standard InChI is InChI=1S/C28H30ClFN2O2/c1-19(2)14-22-18-34-27-13-6-4-8-20(27)16-31-26-12-5-3-9-21(26)17-32(22)28(33)15-23-24(29)10-7-11-25(23)30/h3-13,19,22,31H,14-18H2,1-2H3/t22-/m0/s1. The number of rotatable bonds is 4. The number of hydrogen-bond acceptors (Lipinski definition) is 3. The summed E-state index contributed by atoms with van der Waals surface area (Å²) in [5.74, 6) is 0.498. The van der Waals surface area contributed by atoms with Gasteiger partial charge in [0.2, 0.25) is 5.91 Å². The maximum atomic E-state index is 14.5. The summed E-state index contributed by atoms with van der Waals surface area (Å²) in [5.41, 5.74) is 3.25. The molecule has 1 aliphatic rings. The molecule has 6 heteroatoms. The molecular formula is C28H30ClFN2O2. The molecule has 0 unspecified atom stereocenters. The number of fused-ring (bicyclic) bond motifs is 2. The van der Waals surface area contributed by atoms with Crippen molar-refractivity contribution in [1.29, 1.82) is 0 Å². The van der Waals surface area contributed by atoms with E-state index in [2.05, 4.69) is 19.2 Å². The van der Waals surface area contributed by atoms with Crippen LogP contribution < -0.4 is 10.1 Å². The highest BCUT2D eigenvalue weighted by atomic mass is 35.5. The number of carbonyl (C=O) groups excluding carboxylic acids is 1. The molecular weight excluding hydrogens is 451 g/mol. The van der Waals surface area contributed by atoms with Gasteiger partial charge in [-0.05, 0) is 42.2 Å². The first-order valence-corrected chi connectivity index (χ1v) is 12.0. The van der Waals surface area contributed by atoms with Crippen LogP contribution in [0.15, 0.2) is 66.7 Å². The summed E-state index contributed by atoms with van der Waals surface area (Å²) in [4.78, 5) is 15.5. The molecule has 1 N–H and O–H groups in total. The lowest BCUT2D eigenvalue weighted by Gasteiger charge is -2.33. The summed E-state index contributed by atoms with van der Waals surface area (Å²) >= 11 is 6.25. The zero-order chi connectivity index (χ0) is 24.1. The van der Waals surface area contributed by atoms with Gasteiger partial charge in [-0.3, -0.25) is 4.79 Å². The molecule has 0 saturated heterocycles. The Bertz CT molecular complexity index is 1130. The van der Waals surface area contributed by atoms with Gasteiger partial charge in [-0.1, -0.05) is 67.9 Å². The number of halogens is 2. The first-order valence-electron chi connectivity index (χ1n) is 11.7. The van der Waals surface area contributed by atoms with Gasteiger partial charge in [0, 0.05) is 34.9 Å². The van der Waals surface area contributed by atoms with Gasteiger partial charge in [0.25, 0.3) is 0 Å². The fourth-order valence-corrected chi connectivity index (χ4v) is 4.62. The van der Waals surface area contributed by atoms with E-state index in [4.69, 9.17) is 16.3 Å². The van der Waals surface area contributed by atoms with E-state index in [0.717, 1.165) is 29.0 Å². The summed E-state index contributed by atoms with van der Waals surface area (Å²) in [7, 11) is 0. The van der Waals surface area contributed by atoms with Crippen LogP contribution in [0.1, 0.15) is 37.0 Å². The van der Waals surface area contributed by atoms with E-state index in [1.807, 2.05) is 53.4 Å². The number of para-hydroxylation sites is 2. The van der Waals surface area contributed by atoms with Crippen molar-refractivity contribution in [3.05, 3.63) is 94.3 Å². The fourth-order valence-electron chi connectivity index (χ4n) is 4.39. The second-order valence-corrected chi connectivity index (χ2v) is 9.52. The predicted octanol–water partition coefficient (Wildman–Crippen LogP) is 6.47. The molecule has 1 atom stereocenters. The SMILES string of the molecule is CC(C)C[C@H]1COc2ccccc2CNc2ccccc2CN1C(=O)Cc1c(F)cccc1Cl. The lowest BCUT2D eigenvalue weighted by molar-refractivity contribution is -0.134. The Morgan fingerprint density at radius 1 is 1.09 bits per heavy atom. The van der Waals surface area contributed by atoms with E-state index in [1.54, 1.807) is 12.1 Å². The molecule has 1 amide bonds. The Kier molecular flexibility index (Phi) is 7.73. The first-order chi connectivity index (χ1) is 16.4. The number of carbonyl (C=O) groups is 1. The van der Waals surface area contributed by atoms with Crippen molar-refractivity contribution in [3.63, 3.8) is 0 Å². The van der Waals surface area contributed by atoms with Crippen molar-refractivity contribution >= 4 is 23.2 Å². The quantitative estimate of drug-likeness (QED) is 0.465. The Morgan fingerprint density at radius 2 is 1.82 bits per heavy atom. The summed E-state index contributed by atoms with van der Waals surface area (Å²) in [5, 5.41) is 3.76. The van der Waals surface area contributed by atoms with E-state index in [0.29, 0.717) is 25.6 Å². The molecule has 0 spiro atoms. The Balaban J connectivity index is 1.73. The molecule has 3 aromatic carbocycles. The average molecular weight is 481 g/mol. The van der Waals surface area contributed by atoms with Crippen molar-refractivity contribution in [2.24, 2.45) is 5.92 Å². The van der Waals surface area contributed by atoms with Gasteiger partial charge in [-0.15, -0.1) is 0 Å². The van der Waals surface area contributed by atoms with Crippen LogP contribution in [-0.2, 0) is 24.3 Å². The van der Waals surface area contributed by atoms with E-state index in [9.17, 15) is 9.18 Å². The van der Waals surface area contributed by atoms with E-state index in [1.165, 1.54) is 6.07 Å². The molecule has 4 rings (SSSR count). The average Bonchev–Trinajstić information content (AvgIpc) is 2.84. The summed E-state index contributed by atoms with van der Waals surface area (Å²) in [6.07, 6.45) is 0.654. The molecule has 4 nitrogen and oxygen atoms in total. The number of benzene rings is 3. The highest BCUT2D eigenvalue weighted by Gasteiger charge is 2.28. The number of nitrogens with one attached hydrogen (secondary N) is 1. The third-order valence-corrected chi connectivity index (χ3v) is 6.48. The highest BCUT2D eigenvalue weighted by Crippen LogP contribution is 2.28. The maximum Gasteiger partial charge on any atom is 0.227 e. The molecule has 0 fully saturated rings. The van der Waals surface area contributed by atoms with Crippen LogP contribution in [0.2, 0.25) is 5.02 Å². The van der Waals surface area contributed by atoms with Crippen LogP contribution in [0.5, 0.6) is 5.75 Å². The molecule has 1 heterocycles. The largest absolute Gasteiger partial charge is 0.491 e. The highest BCUT2D eigenvalue weighted by molar-refractivity contribution is 6.31. The topological polar surface area (TPSA) is 41.6 Å². The van der Waals surface area contributed by atoms with Crippen LogP contribution in [0.4, 0.5) is 10.1 Å². The van der Waals surface area contributed by atoms with Gasteiger partial charge in [0.15, 0.2) is 0 Å². The van der Waals surface area contributed by atoms with Crippen molar-refractivity contribution in [1.82, 2.24) is 4.90 Å². The molecule has 0 aliphatic carbocycles. The first kappa shape index (κ1) is 24.1. The van der Waals surface area contributed by atoms with Crippen molar-refractivity contribution in [2.75, 3.05) is 11.9 Å². The van der Waals surface area contributed by atoms with Crippen molar-refractivity contribution < 1.29 is 13.9 Å². The van der Waals surface area contributed by atoms with Crippen LogP contribution in [0, 0.1) is 11.7 Å². The number of ether oxygens (including phenoxy) is 1. The smallest absolute Gasteiger partial charge is 0.227 e. The van der Waals surface area contributed by atoms with Gasteiger partial charge in [0.1, 0.15) is 18.2 Å². The Hall–Kier alpha value is -3.05. The van der Waals surface area contributed by atoms with E-state index < -0.39 is 5.82 Å². The number of amides is 1. The van der Waals surface area contributed by atoms with Gasteiger partial charge < -0.3 is 15.0 Å². The molecule has 34 heavy (non-hydrogen) atoms. The molecule has 0 aromatic heterocycles. The Morgan fingerprint density at radius 3 is 2.59 bits per heavy atom. The maximum absolute atomic E-state index is 14.5. The fraction of sp³-hybridized carbons (Fsp3) is 0.321. The predicted molar refractivity (Wildman–Crippen MR) is 135 cm³/mol. The van der Waals surface area contributed by atoms with Crippen LogP contribution in [0.3, 0.4) is 0 Å². The second-order valence-electron chi connectivity index (χ2n) is 9.11. The summed E-state index contributed by atoms with van der Waals surface area (Å²) in [6.45, 7) is 5.62. The lowest BCUT2D eigenvalue weighted by Crippen LogP contribution is -2.45. The van der Waals surface area contributed by atoms with Gasteiger partial charge >= 0.3 is 0 Å². The molecule has 0 radical (unpaired) electrons. The summed E-state index contributed by atoms with van der Waals surface area (Å²) < 4.78 is 20.8. The third-order valence-electron chi connectivity index (χ3n) is 6.13. The van der Waals surface area contributed by atoms with Crippen LogP contribution >= 0.6 is 11.6 Å². The Labute approximate surface area is 205 Å². The van der Waals surface area contributed by atoms with Crippen molar-refractivity contribution in [3.8, 4) is 5.75 Å². The van der Waals surface area contributed by atoms with E-state index >= 15 is 0 Å². The monoisotopic (exact) mass is 480 g/mol. The van der Waals surface area contributed by atoms with Gasteiger partial charge in [-0.25, -0.2) is 4.39 Å². The number of nitrogens with zero attached hydrogens (tertiary/aromatic N) is 1. The van der Waals surface area contributed by atoms with Crippen LogP contribution in [-0.4, -0.2) is 23.5 Å². The molecule has 0 saturated carbocycles. The minimum absolute atomic E-state index is 0.105. The van der Waals surface area contributed by atoms with Crippen molar-refractivity contribution in [2.45, 2.75) is 45.8 Å². The minimum Gasteiger partial charge on any atom is -0.491 e. The van der Waals surface area contributed by atoms with Gasteiger partial charge in [0.05, 0.1) is 12.5 Å². The molecule has 1 aliphatic heterocycles. The molecule has 178 valence electrons. The van der Waals surface area contributed by atoms with Crippen LogP contribution in [0.25, 0.3) is 0 Å². The summed E-state index contributed by atoms with van der Waals surface area (Å²) in [6, 6.07) is 20.3. The zero-order valence-corrected chi connectivity index (χ0v) is 20.3. The van der Waals surface area contributed by atoms with Gasteiger partial charge in [-0.2, -0.15) is 0 Å². The third kappa shape index (κ3) is 5.71. The lowest BCUT2D eigenvalue weighted by atomic mass is 10.0. The van der Waals surface area contributed by atoms with E-state index in [-0.39, 0.29) is 29.0 Å². The minimum atomic E-state index is -0.466. The number of hydrogen-bond donors (Lipinski definition) is 1. The molecule has 3 aromatic rings. The normalized spacial score (nSPS) is 16.0.